The number of hydrogen-bond acceptors (Lipinski definition) is 10. The van der Waals surface area contributed by atoms with E-state index in [0.717, 1.165) is 83.7 Å². The minimum Gasteiger partial charge on any atom is -0.467 e. The summed E-state index contributed by atoms with van der Waals surface area (Å²) in [5.74, 6) is 1.85. The van der Waals surface area contributed by atoms with Crippen LogP contribution < -0.4 is 25.0 Å². The summed E-state index contributed by atoms with van der Waals surface area (Å²) in [6.07, 6.45) is 3.69. The van der Waals surface area contributed by atoms with Crippen LogP contribution in [0.5, 0.6) is 11.8 Å². The molecule has 11 nitrogen and oxygen atoms in total. The van der Waals surface area contributed by atoms with Gasteiger partial charge in [0.05, 0.1) is 30.0 Å². The summed E-state index contributed by atoms with van der Waals surface area (Å²) in [7, 11) is 1.59. The second-order valence-electron chi connectivity index (χ2n) is 14.2. The van der Waals surface area contributed by atoms with Crippen LogP contribution in [-0.4, -0.2) is 83.0 Å². The number of anilines is 3. The van der Waals surface area contributed by atoms with Crippen LogP contribution in [-0.2, 0) is 37.2 Å². The number of methoxy groups -OCH3 is 1. The van der Waals surface area contributed by atoms with Crippen molar-refractivity contribution in [1.29, 1.82) is 0 Å². The van der Waals surface area contributed by atoms with Gasteiger partial charge in [0, 0.05) is 68.0 Å². The Morgan fingerprint density at radius 3 is 2.76 bits per heavy atom. The largest absolute Gasteiger partial charge is 0.467 e. The molecule has 8 rings (SSSR count). The van der Waals surface area contributed by atoms with E-state index in [9.17, 15) is 4.39 Å². The topological polar surface area (TPSA) is 107 Å². The number of hydrogen-bond donors (Lipinski definition) is 1. The standard InChI is InChI=1S/C37H46F2N8O3/c1-4-27-29(39)8-7-24-15-26(50-22-48-3)16-31(33(24)27)44-14-9-28-30(19-44)41-36(49-21-37-10-5-12-46(37)18-25(38)17-37)42-35(28)45-11-6-13-47-32(20-45)23(2)34(40)43-47/h7-8,15-16,25H,4-6,9-14,17-22H2,1-3H3,(H2,40,43)/t25-,37+/m1/s1. The van der Waals surface area contributed by atoms with E-state index in [1.54, 1.807) is 7.11 Å². The molecule has 0 spiro atoms. The van der Waals surface area contributed by atoms with Gasteiger partial charge in [-0.2, -0.15) is 15.1 Å². The van der Waals surface area contributed by atoms with Crippen LogP contribution in [0.25, 0.3) is 10.8 Å². The maximum absolute atomic E-state index is 15.3. The van der Waals surface area contributed by atoms with Gasteiger partial charge in [-0.05, 0) is 68.7 Å². The summed E-state index contributed by atoms with van der Waals surface area (Å²) in [4.78, 5) is 17.0. The fraction of sp³-hybridized carbons (Fsp3) is 0.541. The van der Waals surface area contributed by atoms with Crippen LogP contribution in [0.15, 0.2) is 24.3 Å². The minimum absolute atomic E-state index is 0.106. The van der Waals surface area contributed by atoms with Crippen LogP contribution in [0.3, 0.4) is 0 Å². The smallest absolute Gasteiger partial charge is 0.318 e. The minimum atomic E-state index is -0.846. The van der Waals surface area contributed by atoms with Gasteiger partial charge in [-0.25, -0.2) is 8.78 Å². The number of alkyl halides is 1. The molecule has 2 N–H and O–H groups in total. The van der Waals surface area contributed by atoms with Crippen molar-refractivity contribution in [2.75, 3.05) is 62.2 Å². The highest BCUT2D eigenvalue weighted by Crippen LogP contribution is 2.42. The first-order valence-corrected chi connectivity index (χ1v) is 17.9. The highest BCUT2D eigenvalue weighted by molar-refractivity contribution is 5.98. The molecule has 0 saturated carbocycles. The third kappa shape index (κ3) is 5.77. The van der Waals surface area contributed by atoms with Gasteiger partial charge in [0.2, 0.25) is 0 Å². The number of nitrogens with two attached hydrogens (primary N) is 1. The Morgan fingerprint density at radius 1 is 1.04 bits per heavy atom. The first kappa shape index (κ1) is 32.9. The molecule has 13 heteroatoms. The monoisotopic (exact) mass is 688 g/mol. The Bertz CT molecular complexity index is 1920. The lowest BCUT2D eigenvalue weighted by molar-refractivity contribution is 0.0512. The Morgan fingerprint density at radius 2 is 1.92 bits per heavy atom. The molecule has 266 valence electrons. The van der Waals surface area contributed by atoms with Gasteiger partial charge in [0.25, 0.3) is 0 Å². The van der Waals surface area contributed by atoms with E-state index >= 15 is 4.39 Å². The van der Waals surface area contributed by atoms with Gasteiger partial charge in [0.15, 0.2) is 6.79 Å². The molecule has 4 aliphatic heterocycles. The number of aryl methyl sites for hydroxylation is 2. The van der Waals surface area contributed by atoms with E-state index in [1.807, 2.05) is 36.7 Å². The lowest BCUT2D eigenvalue weighted by Gasteiger charge is -2.35. The molecule has 0 aliphatic carbocycles. The summed E-state index contributed by atoms with van der Waals surface area (Å²) < 4.78 is 49.5. The van der Waals surface area contributed by atoms with Crippen LogP contribution in [0, 0.1) is 12.7 Å². The molecule has 2 saturated heterocycles. The van der Waals surface area contributed by atoms with Gasteiger partial charge in [-0.15, -0.1) is 0 Å². The predicted octanol–water partition coefficient (Wildman–Crippen LogP) is 5.33. The lowest BCUT2D eigenvalue weighted by Crippen LogP contribution is -2.43. The molecule has 6 heterocycles. The van der Waals surface area contributed by atoms with Crippen molar-refractivity contribution in [2.45, 2.75) is 83.7 Å². The number of fused-ring (bicyclic) bond motifs is 4. The highest BCUT2D eigenvalue weighted by atomic mass is 19.1. The van der Waals surface area contributed by atoms with Crippen molar-refractivity contribution in [3.05, 3.63) is 58.2 Å². The zero-order valence-corrected chi connectivity index (χ0v) is 29.2. The normalized spacial score (nSPS) is 22.1. The number of rotatable bonds is 9. The molecule has 0 unspecified atom stereocenters. The van der Waals surface area contributed by atoms with Crippen LogP contribution >= 0.6 is 0 Å². The van der Waals surface area contributed by atoms with Crippen molar-refractivity contribution in [1.82, 2.24) is 24.6 Å². The SMILES string of the molecule is CCc1c(F)ccc2cc(OCOC)cc(N3CCc4c(nc(OC[C@@]56CCCN5C[C@H](F)C6)nc4N4CCCn5nc(N)c(C)c5C4)C3)c12. The number of nitrogen functional groups attached to an aromatic ring is 1. The van der Waals surface area contributed by atoms with E-state index in [2.05, 4.69) is 19.8 Å². The Labute approximate surface area is 291 Å². The molecule has 2 fully saturated rings. The van der Waals surface area contributed by atoms with Crippen molar-refractivity contribution < 1.29 is 23.0 Å². The van der Waals surface area contributed by atoms with Gasteiger partial charge in [-0.1, -0.05) is 13.0 Å². The van der Waals surface area contributed by atoms with Crippen molar-refractivity contribution in [2.24, 2.45) is 0 Å². The third-order valence-electron chi connectivity index (χ3n) is 11.2. The molecular weight excluding hydrogens is 642 g/mol. The number of nitrogens with zero attached hydrogens (tertiary/aromatic N) is 7. The summed E-state index contributed by atoms with van der Waals surface area (Å²) in [6, 6.07) is 7.57. The van der Waals surface area contributed by atoms with Gasteiger partial charge < -0.3 is 29.7 Å². The summed E-state index contributed by atoms with van der Waals surface area (Å²) in [6.45, 7) is 9.15. The van der Waals surface area contributed by atoms with E-state index in [0.29, 0.717) is 75.2 Å². The zero-order valence-electron chi connectivity index (χ0n) is 29.2. The van der Waals surface area contributed by atoms with Crippen LogP contribution in [0.1, 0.15) is 60.7 Å². The van der Waals surface area contributed by atoms with E-state index < -0.39 is 6.17 Å². The molecule has 50 heavy (non-hydrogen) atoms. The quantitative estimate of drug-likeness (QED) is 0.232. The first-order valence-electron chi connectivity index (χ1n) is 17.9. The third-order valence-corrected chi connectivity index (χ3v) is 11.2. The van der Waals surface area contributed by atoms with E-state index in [1.165, 1.54) is 6.07 Å². The van der Waals surface area contributed by atoms with E-state index in [4.69, 9.17) is 29.9 Å². The van der Waals surface area contributed by atoms with Gasteiger partial charge in [0.1, 0.15) is 36.0 Å². The molecule has 0 radical (unpaired) electrons. The lowest BCUT2D eigenvalue weighted by atomic mass is 9.95. The number of aromatic nitrogens is 4. The van der Waals surface area contributed by atoms with Crippen molar-refractivity contribution >= 4 is 28.1 Å². The van der Waals surface area contributed by atoms with Crippen molar-refractivity contribution in [3.63, 3.8) is 0 Å². The molecule has 0 bridgehead atoms. The Hall–Kier alpha value is -4.23. The zero-order chi connectivity index (χ0) is 34.6. The van der Waals surface area contributed by atoms with Gasteiger partial charge in [-0.3, -0.25) is 9.58 Å². The fourth-order valence-electron chi connectivity index (χ4n) is 8.68. The Balaban J connectivity index is 1.19. The maximum atomic E-state index is 15.3. The highest BCUT2D eigenvalue weighted by Gasteiger charge is 2.49. The number of benzene rings is 2. The molecule has 0 amide bonds. The number of halogens is 2. The molecule has 4 aliphatic rings. The van der Waals surface area contributed by atoms with Crippen molar-refractivity contribution in [3.8, 4) is 11.8 Å². The fourth-order valence-corrected chi connectivity index (χ4v) is 8.68. The summed E-state index contributed by atoms with van der Waals surface area (Å²) >= 11 is 0. The predicted molar refractivity (Wildman–Crippen MR) is 188 cm³/mol. The average Bonchev–Trinajstić information content (AvgIpc) is 3.67. The second-order valence-corrected chi connectivity index (χ2v) is 14.2. The van der Waals surface area contributed by atoms with Gasteiger partial charge >= 0.3 is 6.01 Å². The summed E-state index contributed by atoms with van der Waals surface area (Å²) in [5, 5.41) is 6.38. The first-order chi connectivity index (χ1) is 24.3. The molecule has 2 aromatic heterocycles. The molecule has 2 atom stereocenters. The van der Waals surface area contributed by atoms with Crippen LogP contribution in [0.2, 0.25) is 0 Å². The Kier molecular flexibility index (Phi) is 8.66. The second kappa shape index (κ2) is 13.1. The average molecular weight is 689 g/mol. The van der Waals surface area contributed by atoms with E-state index in [-0.39, 0.29) is 18.1 Å². The maximum Gasteiger partial charge on any atom is 0.318 e. The summed E-state index contributed by atoms with van der Waals surface area (Å²) in [5.41, 5.74) is 11.5. The molecule has 2 aromatic carbocycles. The van der Waals surface area contributed by atoms with Crippen LogP contribution in [0.4, 0.5) is 26.1 Å². The number of ether oxygens (including phenoxy) is 3. The molecule has 4 aromatic rings. The molecular formula is C37H46F2N8O3.